The summed E-state index contributed by atoms with van der Waals surface area (Å²) in [6, 6.07) is 9.06. The van der Waals surface area contributed by atoms with Crippen molar-refractivity contribution in [2.24, 2.45) is 5.41 Å². The first-order valence-electron chi connectivity index (χ1n) is 16.9. The second-order valence-electron chi connectivity index (χ2n) is 17.4. The number of carbonyl (C=O) groups is 1. The molecule has 5 nitrogen and oxygen atoms in total. The van der Waals surface area contributed by atoms with Crippen LogP contribution in [0.25, 0.3) is 0 Å². The van der Waals surface area contributed by atoms with Gasteiger partial charge in [0.25, 0.3) is 0 Å². The zero-order chi connectivity index (χ0) is 32.6. The van der Waals surface area contributed by atoms with Crippen molar-refractivity contribution >= 4 is 14.3 Å². The normalized spacial score (nSPS) is 24.5. The minimum absolute atomic E-state index is 0.0530. The van der Waals surface area contributed by atoms with E-state index in [-0.39, 0.29) is 40.0 Å². The zero-order valence-corrected chi connectivity index (χ0v) is 30.7. The molecule has 1 aromatic heterocycles. The van der Waals surface area contributed by atoms with Gasteiger partial charge in [-0.05, 0) is 65.4 Å². The summed E-state index contributed by atoms with van der Waals surface area (Å²) < 4.78 is 20.9. The SMILES string of the molecule is CC(=O)O[C@@H]1c2nc(C(C)C)c3c(c2[C@@H](O[Si](C)(C)C(C)(C)C)CC1(C)C)C1(CCCC1)O[C@@H]3c1ccc(C(C)(C)C)cc1. The van der Waals surface area contributed by atoms with E-state index in [1.165, 1.54) is 29.2 Å². The van der Waals surface area contributed by atoms with Crippen molar-refractivity contribution < 1.29 is 18.7 Å². The number of carbonyl (C=O) groups excluding carboxylic acids is 1. The fourth-order valence-corrected chi connectivity index (χ4v) is 8.76. The fourth-order valence-electron chi connectivity index (χ4n) is 7.49. The number of rotatable bonds is 5. The molecule has 1 spiro atoms. The highest BCUT2D eigenvalue weighted by molar-refractivity contribution is 6.74. The molecule has 3 atom stereocenters. The molecule has 3 aliphatic rings. The molecule has 2 aromatic rings. The second kappa shape index (κ2) is 11.1. The fraction of sp³-hybridized carbons (Fsp3) is 0.684. The summed E-state index contributed by atoms with van der Waals surface area (Å²) in [5.41, 5.74) is 7.47. The number of fused-ring (bicyclic) bond motifs is 4. The summed E-state index contributed by atoms with van der Waals surface area (Å²) in [6.07, 6.45) is 4.23. The van der Waals surface area contributed by atoms with E-state index in [9.17, 15) is 4.79 Å². The Balaban J connectivity index is 1.82. The average molecular weight is 620 g/mol. The highest BCUT2D eigenvalue weighted by atomic mass is 28.4. The van der Waals surface area contributed by atoms with Crippen molar-refractivity contribution in [1.82, 2.24) is 4.98 Å². The zero-order valence-electron chi connectivity index (χ0n) is 29.7. The van der Waals surface area contributed by atoms with Gasteiger partial charge in [0, 0.05) is 29.2 Å². The maximum absolute atomic E-state index is 12.6. The lowest BCUT2D eigenvalue weighted by molar-refractivity contribution is -0.156. The van der Waals surface area contributed by atoms with E-state index >= 15 is 0 Å². The summed E-state index contributed by atoms with van der Waals surface area (Å²) in [5, 5.41) is 0.0530. The molecule has 2 heterocycles. The van der Waals surface area contributed by atoms with E-state index < -0.39 is 20.0 Å². The summed E-state index contributed by atoms with van der Waals surface area (Å²) in [5.74, 6) is -0.0943. The molecule has 1 aromatic carbocycles. The average Bonchev–Trinajstić information content (AvgIpc) is 3.49. The molecule has 5 rings (SSSR count). The van der Waals surface area contributed by atoms with Crippen LogP contribution in [0.1, 0.15) is 172 Å². The number of pyridine rings is 1. The first kappa shape index (κ1) is 33.3. The van der Waals surface area contributed by atoms with Gasteiger partial charge < -0.3 is 13.9 Å². The largest absolute Gasteiger partial charge is 0.455 e. The Labute approximate surface area is 268 Å². The van der Waals surface area contributed by atoms with Crippen LogP contribution in [-0.2, 0) is 29.7 Å². The van der Waals surface area contributed by atoms with Gasteiger partial charge in [-0.25, -0.2) is 0 Å². The minimum Gasteiger partial charge on any atom is -0.455 e. The van der Waals surface area contributed by atoms with E-state index in [4.69, 9.17) is 18.9 Å². The third-order valence-electron chi connectivity index (χ3n) is 10.9. The highest BCUT2D eigenvalue weighted by Crippen LogP contribution is 2.62. The predicted octanol–water partition coefficient (Wildman–Crippen LogP) is 10.5. The molecule has 1 aliphatic heterocycles. The standard InChI is InChI=1S/C38H57NO4Si/c1-23(2)31-29-30(38(20-14-15-21-38)42-33(29)25-16-18-26(19-17-25)35(4,5)6)28-27(43-44(12,13)36(7,8)9)22-37(10,11)34(32(28)39-31)41-24(3)40/h16-19,23,27,33-34H,14-15,20-22H2,1-13H3/t27-,33+,34+/m0/s1. The molecule has 44 heavy (non-hydrogen) atoms. The second-order valence-corrected chi connectivity index (χ2v) is 22.1. The molecular formula is C38H57NO4Si. The van der Waals surface area contributed by atoms with Gasteiger partial charge >= 0.3 is 5.97 Å². The van der Waals surface area contributed by atoms with Crippen molar-refractivity contribution in [3.63, 3.8) is 0 Å². The maximum Gasteiger partial charge on any atom is 0.303 e. The van der Waals surface area contributed by atoms with Gasteiger partial charge in [-0.15, -0.1) is 0 Å². The van der Waals surface area contributed by atoms with Gasteiger partial charge in [-0.1, -0.05) is 106 Å². The van der Waals surface area contributed by atoms with Gasteiger partial charge in [0.05, 0.1) is 17.4 Å². The number of aromatic nitrogens is 1. The number of hydrogen-bond donors (Lipinski definition) is 0. The summed E-state index contributed by atoms with van der Waals surface area (Å²) in [7, 11) is -2.18. The first-order chi connectivity index (χ1) is 20.2. The van der Waals surface area contributed by atoms with Crippen LogP contribution in [-0.4, -0.2) is 19.3 Å². The molecule has 6 heteroatoms. The van der Waals surface area contributed by atoms with E-state index in [0.717, 1.165) is 49.1 Å². The molecule has 1 saturated carbocycles. The molecule has 242 valence electrons. The van der Waals surface area contributed by atoms with E-state index in [2.05, 4.69) is 107 Å². The Morgan fingerprint density at radius 3 is 2.09 bits per heavy atom. The van der Waals surface area contributed by atoms with Crippen molar-refractivity contribution in [2.75, 3.05) is 0 Å². The smallest absolute Gasteiger partial charge is 0.303 e. The van der Waals surface area contributed by atoms with Crippen LogP contribution in [0.5, 0.6) is 0 Å². The predicted molar refractivity (Wildman–Crippen MR) is 180 cm³/mol. The van der Waals surface area contributed by atoms with Crippen molar-refractivity contribution in [2.45, 2.75) is 162 Å². The van der Waals surface area contributed by atoms with Crippen LogP contribution in [0.2, 0.25) is 18.1 Å². The van der Waals surface area contributed by atoms with Gasteiger partial charge in [0.2, 0.25) is 0 Å². The lowest BCUT2D eigenvalue weighted by Gasteiger charge is -2.48. The molecule has 0 unspecified atom stereocenters. The molecule has 2 aliphatic carbocycles. The molecule has 0 saturated heterocycles. The molecule has 0 N–H and O–H groups in total. The number of benzene rings is 1. The number of hydrogen-bond acceptors (Lipinski definition) is 5. The number of esters is 1. The Morgan fingerprint density at radius 2 is 1.59 bits per heavy atom. The molecule has 1 fully saturated rings. The summed E-state index contributed by atoms with van der Waals surface area (Å²) in [6.45, 7) is 28.8. The molecule has 0 radical (unpaired) electrons. The summed E-state index contributed by atoms with van der Waals surface area (Å²) >= 11 is 0. The molecular weight excluding hydrogens is 563 g/mol. The van der Waals surface area contributed by atoms with Gasteiger partial charge in [-0.3, -0.25) is 9.78 Å². The lowest BCUT2D eigenvalue weighted by Crippen LogP contribution is -2.45. The quantitative estimate of drug-likeness (QED) is 0.246. The number of ether oxygens (including phenoxy) is 2. The summed E-state index contributed by atoms with van der Waals surface area (Å²) in [4.78, 5) is 18.1. The van der Waals surface area contributed by atoms with Crippen LogP contribution >= 0.6 is 0 Å². The van der Waals surface area contributed by atoms with E-state index in [1.54, 1.807) is 0 Å². The Kier molecular flexibility index (Phi) is 8.38. The first-order valence-corrected chi connectivity index (χ1v) is 19.8. The van der Waals surface area contributed by atoms with Crippen LogP contribution < -0.4 is 0 Å². The van der Waals surface area contributed by atoms with Crippen molar-refractivity contribution in [1.29, 1.82) is 0 Å². The number of nitrogens with zero attached hydrogens (tertiary/aromatic N) is 1. The van der Waals surface area contributed by atoms with E-state index in [1.807, 2.05) is 0 Å². The Morgan fingerprint density at radius 1 is 1.00 bits per heavy atom. The highest BCUT2D eigenvalue weighted by Gasteiger charge is 2.56. The molecule has 0 bridgehead atoms. The maximum atomic E-state index is 12.6. The van der Waals surface area contributed by atoms with Crippen LogP contribution in [0.4, 0.5) is 0 Å². The molecule has 0 amide bonds. The Bertz CT molecular complexity index is 1400. The van der Waals surface area contributed by atoms with Crippen molar-refractivity contribution in [3.05, 3.63) is 63.5 Å². The van der Waals surface area contributed by atoms with Crippen molar-refractivity contribution in [3.8, 4) is 0 Å². The lowest BCUT2D eigenvalue weighted by atomic mass is 9.68. The minimum atomic E-state index is -2.18. The monoisotopic (exact) mass is 619 g/mol. The van der Waals surface area contributed by atoms with Gasteiger partial charge in [0.15, 0.2) is 8.32 Å². The van der Waals surface area contributed by atoms with Crippen LogP contribution in [0.15, 0.2) is 24.3 Å². The topological polar surface area (TPSA) is 57.7 Å². The van der Waals surface area contributed by atoms with Crippen LogP contribution in [0, 0.1) is 5.41 Å². The van der Waals surface area contributed by atoms with Gasteiger partial charge in [0.1, 0.15) is 12.2 Å². The third-order valence-corrected chi connectivity index (χ3v) is 15.4. The third kappa shape index (κ3) is 5.73. The van der Waals surface area contributed by atoms with Crippen LogP contribution in [0.3, 0.4) is 0 Å². The Hall–Kier alpha value is -2.02. The van der Waals surface area contributed by atoms with E-state index in [0.29, 0.717) is 0 Å². The van der Waals surface area contributed by atoms with Gasteiger partial charge in [-0.2, -0.15) is 0 Å².